The summed E-state index contributed by atoms with van der Waals surface area (Å²) in [7, 11) is 0. The van der Waals surface area contributed by atoms with Crippen LogP contribution < -0.4 is 5.32 Å². The summed E-state index contributed by atoms with van der Waals surface area (Å²) in [4.78, 5) is 0. The molecule has 0 bridgehead atoms. The number of aryl methyl sites for hydroxylation is 1. The van der Waals surface area contributed by atoms with Crippen LogP contribution in [0.2, 0.25) is 0 Å². The van der Waals surface area contributed by atoms with Crippen LogP contribution in [0, 0.1) is 5.92 Å². The van der Waals surface area contributed by atoms with E-state index in [9.17, 15) is 0 Å². The van der Waals surface area contributed by atoms with Crippen LogP contribution in [0.25, 0.3) is 60.9 Å². The van der Waals surface area contributed by atoms with Crippen LogP contribution in [0.4, 0.5) is 5.69 Å². The van der Waals surface area contributed by atoms with Crippen molar-refractivity contribution in [1.82, 2.24) is 0 Å². The second-order valence-corrected chi connectivity index (χ2v) is 19.8. The van der Waals surface area contributed by atoms with Crippen molar-refractivity contribution in [2.45, 2.75) is 66.2 Å². The van der Waals surface area contributed by atoms with Crippen molar-refractivity contribution < 1.29 is 0 Å². The molecule has 1 heteroatoms. The van der Waals surface area contributed by atoms with Gasteiger partial charge in [0, 0.05) is 11.9 Å². The highest BCUT2D eigenvalue weighted by atomic mass is 14.8. The molecule has 0 amide bonds. The Morgan fingerprint density at radius 1 is 0.603 bits per heavy atom. The molecule has 0 saturated carbocycles. The molecule has 78 heavy (non-hydrogen) atoms. The standard InChI is InChI=1S/C70H61N.C5H8.C2H6/c1-4-52(2)23-10-5-6-12-25-54(26-22-48-71-64-45-42-60(43-46-64)66-32-19-18-31-65-53(3)24-11-7-17-34-69(65)66)36-37-59-44-47-68(70-35-21-20-33-67(59)70)63-50-61(56-29-15-9-16-30-56)49-62(51-63)58-40-38-57(39-41-58)55-27-13-8-14-28-55;1-5-3-2-4-5;1-2/h4-17,19-24,26-33,35,38-51,71H,1,3,18,25,34,36-37H2,2H3;2-3,5H,4H2,1H3;1-2H3/b10-5-,12-6-,17-7-,24-11-,48-22+,52-23+,54-26-;;. The molecule has 388 valence electrons. The summed E-state index contributed by atoms with van der Waals surface area (Å²) in [6.45, 7) is 16.5. The lowest BCUT2D eigenvalue weighted by molar-refractivity contribution is 0.681. The maximum Gasteiger partial charge on any atom is 0.0380 e. The van der Waals surface area contributed by atoms with E-state index in [4.69, 9.17) is 0 Å². The lowest BCUT2D eigenvalue weighted by Gasteiger charge is -2.17. The molecule has 1 unspecified atom stereocenters. The van der Waals surface area contributed by atoms with Crippen LogP contribution in [0.15, 0.2) is 314 Å². The maximum atomic E-state index is 4.37. The fraction of sp³-hybridized carbons (Fsp3) is 0.143. The number of hydrogen-bond acceptors (Lipinski definition) is 1. The molecule has 3 aliphatic carbocycles. The molecule has 0 spiro atoms. The molecule has 0 fully saturated rings. The van der Waals surface area contributed by atoms with E-state index in [-0.39, 0.29) is 0 Å². The van der Waals surface area contributed by atoms with Crippen LogP contribution in [0.1, 0.15) is 70.9 Å². The molecule has 1 N–H and O–H groups in total. The maximum absolute atomic E-state index is 4.37. The SMILES string of the molecule is C=C/C(C)=C/C=C\C=C/C/C(=C/C=C/Nc1ccc(C2=C3C/C=C\C=C/C(=C)C3=CCC=C2)cc1)CCc1ccc(-c2cc(-c3ccccc3)cc(-c3ccc(-c4ccccc4)cc3)c2)c2ccccc12.CC.CC1C=CC1. The van der Waals surface area contributed by atoms with Crippen molar-refractivity contribution in [3.05, 3.63) is 325 Å². The second kappa shape index (κ2) is 28.9. The molecule has 0 heterocycles. The zero-order valence-corrected chi connectivity index (χ0v) is 46.2. The van der Waals surface area contributed by atoms with Crippen LogP contribution in [0.3, 0.4) is 0 Å². The third-order valence-corrected chi connectivity index (χ3v) is 14.3. The highest BCUT2D eigenvalue weighted by Gasteiger charge is 2.16. The van der Waals surface area contributed by atoms with Gasteiger partial charge in [0.2, 0.25) is 0 Å². The van der Waals surface area contributed by atoms with E-state index in [2.05, 4.69) is 293 Å². The Kier molecular flexibility index (Phi) is 20.6. The molecule has 0 aliphatic heterocycles. The average Bonchev–Trinajstić information content (AvgIpc) is 3.71. The molecule has 1 nitrogen and oxygen atoms in total. The normalized spacial score (nSPS) is 16.0. The number of nitrogens with one attached hydrogen (secondary N) is 1. The zero-order valence-electron chi connectivity index (χ0n) is 46.2. The Morgan fingerprint density at radius 2 is 1.22 bits per heavy atom. The van der Waals surface area contributed by atoms with Crippen LogP contribution >= 0.6 is 0 Å². The predicted octanol–water partition coefficient (Wildman–Crippen LogP) is 21.9. The first kappa shape index (κ1) is 55.5. The summed E-state index contributed by atoms with van der Waals surface area (Å²) in [5.74, 6) is 0.884. The first-order valence-electron chi connectivity index (χ1n) is 27.9. The Labute approximate surface area is 466 Å². The fourth-order valence-corrected chi connectivity index (χ4v) is 9.81. The van der Waals surface area contributed by atoms with Gasteiger partial charge in [-0.1, -0.05) is 276 Å². The van der Waals surface area contributed by atoms with Gasteiger partial charge in [0.15, 0.2) is 0 Å². The molecule has 1 atom stereocenters. The lowest BCUT2D eigenvalue weighted by atomic mass is 9.88. The molecule has 7 aromatic rings. The van der Waals surface area contributed by atoms with E-state index in [1.54, 1.807) is 0 Å². The highest BCUT2D eigenvalue weighted by molar-refractivity contribution is 6.00. The molecule has 0 aromatic heterocycles. The molecule has 3 aliphatic rings. The Hall–Kier alpha value is -8.78. The average molecular weight is 1010 g/mol. The van der Waals surface area contributed by atoms with E-state index in [1.165, 1.54) is 95.1 Å². The topological polar surface area (TPSA) is 12.0 Å². The first-order valence-corrected chi connectivity index (χ1v) is 27.9. The van der Waals surface area contributed by atoms with Crippen LogP contribution in [0.5, 0.6) is 0 Å². The van der Waals surface area contributed by atoms with Gasteiger partial charge in [0.25, 0.3) is 0 Å². The van der Waals surface area contributed by atoms with Crippen molar-refractivity contribution >= 4 is 22.0 Å². The smallest absolute Gasteiger partial charge is 0.0380 e. The third kappa shape index (κ3) is 15.2. The molecule has 7 aromatic carbocycles. The number of rotatable bonds is 16. The van der Waals surface area contributed by atoms with E-state index >= 15 is 0 Å². The minimum absolute atomic E-state index is 0.851. The van der Waals surface area contributed by atoms with Gasteiger partial charge in [-0.2, -0.15) is 0 Å². The van der Waals surface area contributed by atoms with Gasteiger partial charge in [0.1, 0.15) is 0 Å². The van der Waals surface area contributed by atoms with E-state index in [0.29, 0.717) is 0 Å². The Bertz CT molecular complexity index is 3500. The summed E-state index contributed by atoms with van der Waals surface area (Å²) in [6, 6.07) is 59.8. The van der Waals surface area contributed by atoms with Crippen LogP contribution in [-0.2, 0) is 6.42 Å². The van der Waals surface area contributed by atoms with Crippen molar-refractivity contribution in [2.75, 3.05) is 5.32 Å². The summed E-state index contributed by atoms with van der Waals surface area (Å²) >= 11 is 0. The summed E-state index contributed by atoms with van der Waals surface area (Å²) < 4.78 is 0. The van der Waals surface area contributed by atoms with E-state index in [1.807, 2.05) is 26.1 Å². The highest BCUT2D eigenvalue weighted by Crippen LogP contribution is 2.39. The molecule has 0 radical (unpaired) electrons. The summed E-state index contributed by atoms with van der Waals surface area (Å²) in [5, 5.41) is 6.09. The number of allylic oxidation sites excluding steroid dienone is 23. The molecule has 0 saturated heterocycles. The number of anilines is 1. The minimum Gasteiger partial charge on any atom is -0.362 e. The van der Waals surface area contributed by atoms with Gasteiger partial charge in [-0.25, -0.2) is 0 Å². The van der Waals surface area contributed by atoms with Crippen molar-refractivity contribution in [3.8, 4) is 44.5 Å². The molecule has 10 rings (SSSR count). The van der Waals surface area contributed by atoms with E-state index in [0.717, 1.165) is 54.9 Å². The third-order valence-electron chi connectivity index (χ3n) is 14.3. The minimum atomic E-state index is 0.851. The first-order chi connectivity index (χ1) is 38.4. The van der Waals surface area contributed by atoms with Gasteiger partial charge in [-0.3, -0.25) is 0 Å². The van der Waals surface area contributed by atoms with Crippen molar-refractivity contribution in [2.24, 2.45) is 5.92 Å². The second-order valence-electron chi connectivity index (χ2n) is 19.8. The summed E-state index contributed by atoms with van der Waals surface area (Å²) in [6.07, 6.45) is 44.5. The summed E-state index contributed by atoms with van der Waals surface area (Å²) in [5.41, 5.74) is 20.7. The Morgan fingerprint density at radius 3 is 1.88 bits per heavy atom. The number of fused-ring (bicyclic) bond motifs is 2. The van der Waals surface area contributed by atoms with Crippen molar-refractivity contribution in [3.63, 3.8) is 0 Å². The van der Waals surface area contributed by atoms with Gasteiger partial charge in [-0.05, 0) is 176 Å². The zero-order chi connectivity index (χ0) is 54.3. The largest absolute Gasteiger partial charge is 0.362 e. The quantitative estimate of drug-likeness (QED) is 0.0751. The van der Waals surface area contributed by atoms with Crippen molar-refractivity contribution in [1.29, 1.82) is 0 Å². The van der Waals surface area contributed by atoms with E-state index < -0.39 is 0 Å². The van der Waals surface area contributed by atoms with Gasteiger partial charge in [-0.15, -0.1) is 0 Å². The fourth-order valence-electron chi connectivity index (χ4n) is 9.81. The van der Waals surface area contributed by atoms with Gasteiger partial charge < -0.3 is 5.32 Å². The Balaban J connectivity index is 0.00000107. The monoisotopic (exact) mass is 1010 g/mol. The van der Waals surface area contributed by atoms with Crippen LogP contribution in [-0.4, -0.2) is 0 Å². The molecular formula is C77H75N. The lowest BCUT2D eigenvalue weighted by Crippen LogP contribution is -1.97. The van der Waals surface area contributed by atoms with Gasteiger partial charge in [0.05, 0.1) is 0 Å². The number of hydrogen-bond donors (Lipinski definition) is 1. The molecular weight excluding hydrogens is 939 g/mol. The van der Waals surface area contributed by atoms with Gasteiger partial charge >= 0.3 is 0 Å². The number of benzene rings is 7. The predicted molar refractivity (Wildman–Crippen MR) is 343 cm³/mol.